The smallest absolute Gasteiger partial charge is 0.270 e. The maximum atomic E-state index is 12.0. The third kappa shape index (κ3) is 2.33. The molecule has 0 unspecified atom stereocenters. The predicted octanol–water partition coefficient (Wildman–Crippen LogP) is 2.28. The molecule has 0 saturated heterocycles. The van der Waals surface area contributed by atoms with Crippen molar-refractivity contribution in [1.82, 2.24) is 9.47 Å². The Morgan fingerprint density at radius 2 is 1.90 bits per heavy atom. The van der Waals surface area contributed by atoms with Crippen molar-refractivity contribution < 1.29 is 4.79 Å². The van der Waals surface area contributed by atoms with E-state index in [0.717, 1.165) is 29.9 Å². The molecule has 1 aromatic carbocycles. The van der Waals surface area contributed by atoms with Crippen LogP contribution in [0.15, 0.2) is 36.5 Å². The van der Waals surface area contributed by atoms with Gasteiger partial charge in [-0.15, -0.1) is 0 Å². The van der Waals surface area contributed by atoms with Crippen LogP contribution in [-0.4, -0.2) is 29.0 Å². The number of hydrogen-bond acceptors (Lipinski definition) is 1. The van der Waals surface area contributed by atoms with E-state index in [9.17, 15) is 4.79 Å². The van der Waals surface area contributed by atoms with Gasteiger partial charge in [0.1, 0.15) is 5.69 Å². The molecule has 0 N–H and O–H groups in total. The zero-order valence-corrected chi connectivity index (χ0v) is 11.7. The van der Waals surface area contributed by atoms with Gasteiger partial charge in [0.2, 0.25) is 0 Å². The molecule has 1 aliphatic rings. The number of benzene rings is 1. The summed E-state index contributed by atoms with van der Waals surface area (Å²) in [6.07, 6.45) is 1.96. The molecule has 1 amide bonds. The van der Waals surface area contributed by atoms with E-state index in [1.165, 1.54) is 5.56 Å². The van der Waals surface area contributed by atoms with Crippen LogP contribution in [0.3, 0.4) is 0 Å². The van der Waals surface area contributed by atoms with Crippen LogP contribution >= 0.6 is 0 Å². The predicted molar refractivity (Wildman–Crippen MR) is 78.6 cm³/mol. The first-order valence-corrected chi connectivity index (χ1v) is 6.68. The molecule has 0 fully saturated rings. The Labute approximate surface area is 118 Å². The molecule has 0 radical (unpaired) electrons. The molecule has 3 rings (SSSR count). The number of rotatable bonds is 0. The van der Waals surface area contributed by atoms with Gasteiger partial charge in [-0.2, -0.15) is 0 Å². The number of fused-ring (bicyclic) bond motifs is 1. The molecule has 20 heavy (non-hydrogen) atoms. The third-order valence-electron chi connectivity index (χ3n) is 3.51. The lowest BCUT2D eigenvalue weighted by Gasteiger charge is -2.23. The van der Waals surface area contributed by atoms with Gasteiger partial charge in [0.15, 0.2) is 0 Å². The highest BCUT2D eigenvalue weighted by Gasteiger charge is 2.21. The second-order valence-electron chi connectivity index (χ2n) is 5.15. The Kier molecular flexibility index (Phi) is 3.08. The molecule has 0 aliphatic carbocycles. The summed E-state index contributed by atoms with van der Waals surface area (Å²) in [7, 11) is 1.83. The third-order valence-corrected chi connectivity index (χ3v) is 3.51. The van der Waals surface area contributed by atoms with Crippen LogP contribution < -0.4 is 0 Å². The molecule has 3 nitrogen and oxygen atoms in total. The van der Waals surface area contributed by atoms with Gasteiger partial charge in [-0.25, -0.2) is 0 Å². The van der Waals surface area contributed by atoms with Crippen molar-refractivity contribution in [3.63, 3.8) is 0 Å². The van der Waals surface area contributed by atoms with E-state index in [1.54, 1.807) is 4.90 Å². The average molecular weight is 264 g/mol. The maximum Gasteiger partial charge on any atom is 0.270 e. The van der Waals surface area contributed by atoms with E-state index >= 15 is 0 Å². The van der Waals surface area contributed by atoms with Gasteiger partial charge in [-0.1, -0.05) is 24.0 Å². The zero-order valence-electron chi connectivity index (χ0n) is 11.7. The summed E-state index contributed by atoms with van der Waals surface area (Å²) in [5.41, 5.74) is 3.82. The van der Waals surface area contributed by atoms with Gasteiger partial charge in [0.25, 0.3) is 5.91 Å². The lowest BCUT2D eigenvalue weighted by atomic mass is 10.1. The summed E-state index contributed by atoms with van der Waals surface area (Å²) in [6, 6.07) is 9.98. The summed E-state index contributed by atoms with van der Waals surface area (Å²) in [5.74, 6) is 6.36. The van der Waals surface area contributed by atoms with Crippen molar-refractivity contribution in [2.24, 2.45) is 0 Å². The van der Waals surface area contributed by atoms with E-state index in [-0.39, 0.29) is 5.91 Å². The highest BCUT2D eigenvalue weighted by molar-refractivity contribution is 5.93. The van der Waals surface area contributed by atoms with Crippen LogP contribution in [0.4, 0.5) is 0 Å². The van der Waals surface area contributed by atoms with Crippen molar-refractivity contribution >= 4 is 5.91 Å². The molecule has 2 heterocycles. The van der Waals surface area contributed by atoms with Gasteiger partial charge in [0.05, 0.1) is 0 Å². The van der Waals surface area contributed by atoms with Gasteiger partial charge >= 0.3 is 0 Å². The molecule has 2 aromatic rings. The number of carbonyl (C=O) groups is 1. The summed E-state index contributed by atoms with van der Waals surface area (Å²) in [4.78, 5) is 13.7. The normalized spacial score (nSPS) is 13.7. The molecule has 0 atom stereocenters. The van der Waals surface area contributed by atoms with Gasteiger partial charge in [-0.05, 0) is 30.7 Å². The van der Waals surface area contributed by atoms with Crippen molar-refractivity contribution in [3.8, 4) is 11.8 Å². The van der Waals surface area contributed by atoms with Crippen LogP contribution in [0.25, 0.3) is 0 Å². The molecule has 1 aromatic heterocycles. The monoisotopic (exact) mass is 264 g/mol. The molecule has 3 heteroatoms. The summed E-state index contributed by atoms with van der Waals surface area (Å²) in [6.45, 7) is 3.64. The molecule has 0 spiro atoms. The first kappa shape index (κ1) is 12.6. The van der Waals surface area contributed by atoms with Crippen molar-refractivity contribution in [2.75, 3.05) is 13.6 Å². The number of likely N-dealkylation sites (N-methyl/N-ethyl adjacent to an activating group) is 1. The number of nitrogens with zero attached hydrogens (tertiary/aromatic N) is 2. The second-order valence-corrected chi connectivity index (χ2v) is 5.15. The summed E-state index contributed by atoms with van der Waals surface area (Å²) >= 11 is 0. The maximum absolute atomic E-state index is 12.0. The fourth-order valence-corrected chi connectivity index (χ4v) is 2.36. The van der Waals surface area contributed by atoms with Gasteiger partial charge in [-0.3, -0.25) is 4.79 Å². The van der Waals surface area contributed by atoms with Crippen LogP contribution in [-0.2, 0) is 6.54 Å². The van der Waals surface area contributed by atoms with Crippen LogP contribution in [0, 0.1) is 18.8 Å². The van der Waals surface area contributed by atoms with Crippen LogP contribution in [0.1, 0.15) is 27.2 Å². The van der Waals surface area contributed by atoms with Gasteiger partial charge in [0, 0.05) is 37.5 Å². The fraction of sp³-hybridized carbons (Fsp3) is 0.235. The molecular weight excluding hydrogens is 248 g/mol. The first-order valence-electron chi connectivity index (χ1n) is 6.68. The Hall–Kier alpha value is -2.47. The SMILES string of the molecule is Cc1cccc(C#Cc2cc3n(c2)CCN(C)C3=O)c1. The number of amides is 1. The van der Waals surface area contributed by atoms with Crippen molar-refractivity contribution in [2.45, 2.75) is 13.5 Å². The minimum atomic E-state index is 0.0693. The fourth-order valence-electron chi connectivity index (χ4n) is 2.36. The van der Waals surface area contributed by atoms with Crippen LogP contribution in [0.5, 0.6) is 0 Å². The summed E-state index contributed by atoms with van der Waals surface area (Å²) < 4.78 is 1.99. The number of aryl methyl sites for hydroxylation is 1. The van der Waals surface area contributed by atoms with E-state index < -0.39 is 0 Å². The lowest BCUT2D eigenvalue weighted by molar-refractivity contribution is 0.0749. The standard InChI is InChI=1S/C17H16N2O/c1-13-4-3-5-14(10-13)6-7-15-11-16-17(20)18(2)8-9-19(16)12-15/h3-5,10-12H,8-9H2,1-2H3. The summed E-state index contributed by atoms with van der Waals surface area (Å²) in [5, 5.41) is 0. The Bertz CT molecular complexity index is 731. The topological polar surface area (TPSA) is 25.2 Å². The zero-order chi connectivity index (χ0) is 14.1. The highest BCUT2D eigenvalue weighted by atomic mass is 16.2. The Balaban J connectivity index is 1.91. The lowest BCUT2D eigenvalue weighted by Crippen LogP contribution is -2.36. The van der Waals surface area contributed by atoms with E-state index in [2.05, 4.69) is 30.9 Å². The minimum Gasteiger partial charge on any atom is -0.340 e. The Morgan fingerprint density at radius 1 is 1.10 bits per heavy atom. The molecule has 0 saturated carbocycles. The molecule has 0 bridgehead atoms. The number of carbonyl (C=O) groups excluding carboxylic acids is 1. The highest BCUT2D eigenvalue weighted by Crippen LogP contribution is 2.15. The average Bonchev–Trinajstić information content (AvgIpc) is 2.85. The van der Waals surface area contributed by atoms with Gasteiger partial charge < -0.3 is 9.47 Å². The van der Waals surface area contributed by atoms with Crippen molar-refractivity contribution in [3.05, 3.63) is 58.9 Å². The first-order chi connectivity index (χ1) is 9.63. The van der Waals surface area contributed by atoms with E-state index in [0.29, 0.717) is 0 Å². The van der Waals surface area contributed by atoms with E-state index in [1.807, 2.05) is 36.0 Å². The van der Waals surface area contributed by atoms with E-state index in [4.69, 9.17) is 0 Å². The second kappa shape index (κ2) is 4.90. The van der Waals surface area contributed by atoms with Crippen molar-refractivity contribution in [1.29, 1.82) is 0 Å². The quantitative estimate of drug-likeness (QED) is 0.670. The van der Waals surface area contributed by atoms with Crippen LogP contribution in [0.2, 0.25) is 0 Å². The Morgan fingerprint density at radius 3 is 2.70 bits per heavy atom. The molecule has 1 aliphatic heterocycles. The number of hydrogen-bond donors (Lipinski definition) is 0. The minimum absolute atomic E-state index is 0.0693. The largest absolute Gasteiger partial charge is 0.340 e. The number of aromatic nitrogens is 1. The molecular formula is C17H16N2O. The molecule has 100 valence electrons.